The molecule has 1 atom stereocenters. The third kappa shape index (κ3) is 5.18. The number of fused-ring (bicyclic) bond motifs is 2. The lowest BCUT2D eigenvalue weighted by atomic mass is 9.99. The molecule has 6 heteroatoms. The fourth-order valence-corrected chi connectivity index (χ4v) is 6.97. The monoisotopic (exact) mass is 541 g/mol. The topological polar surface area (TPSA) is 72.3 Å². The second kappa shape index (κ2) is 11.0. The smallest absolute Gasteiger partial charge is 0.254 e. The summed E-state index contributed by atoms with van der Waals surface area (Å²) in [7, 11) is 0. The molecule has 2 fully saturated rings. The van der Waals surface area contributed by atoms with E-state index < -0.39 is 0 Å². The number of benzene rings is 3. The molecule has 0 saturated carbocycles. The second-order valence-corrected chi connectivity index (χ2v) is 11.8. The van der Waals surface area contributed by atoms with Crippen molar-refractivity contribution in [2.24, 2.45) is 0 Å². The van der Waals surface area contributed by atoms with Gasteiger partial charge in [0.25, 0.3) is 5.91 Å². The lowest BCUT2D eigenvalue weighted by Crippen LogP contribution is -2.42. The highest BCUT2D eigenvalue weighted by Gasteiger charge is 2.33. The number of aromatic nitrogens is 1. The van der Waals surface area contributed by atoms with Gasteiger partial charge in [-0.15, -0.1) is 0 Å². The van der Waals surface area contributed by atoms with Crippen molar-refractivity contribution in [2.75, 3.05) is 31.5 Å². The van der Waals surface area contributed by atoms with E-state index in [0.29, 0.717) is 5.56 Å². The Balaban J connectivity index is 1.24. The average Bonchev–Trinajstić information content (AvgIpc) is 3.78. The molecule has 1 aromatic heterocycles. The first-order chi connectivity index (χ1) is 20.1. The van der Waals surface area contributed by atoms with Gasteiger partial charge >= 0.3 is 0 Å². The van der Waals surface area contributed by atoms with Gasteiger partial charge in [-0.1, -0.05) is 42.5 Å². The maximum atomic E-state index is 14.4. The second-order valence-electron chi connectivity index (χ2n) is 11.8. The zero-order valence-electron chi connectivity index (χ0n) is 23.4. The maximum absolute atomic E-state index is 14.4. The number of hydrogen-bond donors (Lipinski definition) is 1. The first kappa shape index (κ1) is 25.7. The van der Waals surface area contributed by atoms with Crippen LogP contribution in [0.25, 0.3) is 22.0 Å². The van der Waals surface area contributed by atoms with E-state index in [-0.39, 0.29) is 18.0 Å². The average molecular weight is 542 g/mol. The standard InChI is InChI=1S/C35H35N5O/c36-22-24-9-11-25(12-10-24)28-13-14-33-31(20-28)32(35(41)40-17-5-8-30(40)23-39-15-3-4-16-39)21-34(38-33)37-29-18-26-6-1-2-7-27(26)19-29/h1-2,6-7,9-14,20-21,29-30H,3-5,8,15-19,23H2,(H,37,38)/t30-/m0/s1. The summed E-state index contributed by atoms with van der Waals surface area (Å²) in [6.45, 7) is 4.05. The highest BCUT2D eigenvalue weighted by atomic mass is 16.2. The zero-order chi connectivity index (χ0) is 27.8. The Morgan fingerprint density at radius 3 is 2.37 bits per heavy atom. The van der Waals surface area contributed by atoms with Gasteiger partial charge in [0.15, 0.2) is 0 Å². The quantitative estimate of drug-likeness (QED) is 0.322. The fraction of sp³-hybridized carbons (Fsp3) is 0.343. The minimum absolute atomic E-state index is 0.105. The fourth-order valence-electron chi connectivity index (χ4n) is 6.97. The van der Waals surface area contributed by atoms with Crippen molar-refractivity contribution < 1.29 is 4.79 Å². The first-order valence-corrected chi connectivity index (χ1v) is 15.0. The molecule has 3 heterocycles. The molecular weight excluding hydrogens is 506 g/mol. The Morgan fingerprint density at radius 2 is 1.63 bits per heavy atom. The van der Waals surface area contributed by atoms with Gasteiger partial charge in [0.05, 0.1) is 22.7 Å². The molecule has 6 nitrogen and oxygen atoms in total. The minimum Gasteiger partial charge on any atom is -0.367 e. The van der Waals surface area contributed by atoms with Crippen LogP contribution >= 0.6 is 0 Å². The van der Waals surface area contributed by atoms with Gasteiger partial charge < -0.3 is 15.1 Å². The summed E-state index contributed by atoms with van der Waals surface area (Å²) in [6.07, 6.45) is 6.55. The van der Waals surface area contributed by atoms with Crippen LogP contribution < -0.4 is 5.32 Å². The Bertz CT molecular complexity index is 1610. The number of nitrogens with one attached hydrogen (secondary N) is 1. The molecule has 4 aromatic rings. The van der Waals surface area contributed by atoms with Crippen LogP contribution in [0.4, 0.5) is 5.82 Å². The normalized spacial score (nSPS) is 19.0. The number of amides is 1. The van der Waals surface area contributed by atoms with Gasteiger partial charge in [-0.3, -0.25) is 4.79 Å². The summed E-state index contributed by atoms with van der Waals surface area (Å²) in [5.74, 6) is 0.869. The number of carbonyl (C=O) groups is 1. The number of carbonyl (C=O) groups excluding carboxylic acids is 1. The molecular formula is C35H35N5O. The highest BCUT2D eigenvalue weighted by Crippen LogP contribution is 2.32. The SMILES string of the molecule is N#Cc1ccc(-c2ccc3nc(NC4Cc5ccccc5C4)cc(C(=O)N4CCC[C@H]4CN4CCCC4)c3c2)cc1. The van der Waals surface area contributed by atoms with Gasteiger partial charge in [0.2, 0.25) is 0 Å². The van der Waals surface area contributed by atoms with Crippen LogP contribution in [0.2, 0.25) is 0 Å². The predicted octanol–water partition coefficient (Wildman–Crippen LogP) is 6.05. The summed E-state index contributed by atoms with van der Waals surface area (Å²) >= 11 is 0. The Labute approximate surface area is 241 Å². The van der Waals surface area contributed by atoms with Crippen LogP contribution in [-0.4, -0.2) is 59.0 Å². The van der Waals surface area contributed by atoms with E-state index >= 15 is 0 Å². The van der Waals surface area contributed by atoms with E-state index in [2.05, 4.69) is 57.6 Å². The van der Waals surface area contributed by atoms with Gasteiger partial charge in [-0.05, 0) is 104 Å². The number of anilines is 1. The van der Waals surface area contributed by atoms with Crippen molar-refractivity contribution in [3.63, 3.8) is 0 Å². The van der Waals surface area contributed by atoms with E-state index in [1.165, 1.54) is 24.0 Å². The molecule has 3 aromatic carbocycles. The van der Waals surface area contributed by atoms with Crippen LogP contribution in [0.3, 0.4) is 0 Å². The Kier molecular flexibility index (Phi) is 6.90. The summed E-state index contributed by atoms with van der Waals surface area (Å²) in [4.78, 5) is 24.0. The third-order valence-electron chi connectivity index (χ3n) is 9.10. The molecule has 2 saturated heterocycles. The van der Waals surface area contributed by atoms with Crippen molar-refractivity contribution in [1.29, 1.82) is 5.26 Å². The molecule has 0 unspecified atom stereocenters. The van der Waals surface area contributed by atoms with Crippen LogP contribution in [0.5, 0.6) is 0 Å². The Hall–Kier alpha value is -4.21. The van der Waals surface area contributed by atoms with Gasteiger partial charge in [-0.25, -0.2) is 4.98 Å². The lowest BCUT2D eigenvalue weighted by Gasteiger charge is -2.29. The van der Waals surface area contributed by atoms with Crippen molar-refractivity contribution in [3.8, 4) is 17.2 Å². The van der Waals surface area contributed by atoms with Crippen LogP contribution in [0.1, 0.15) is 52.7 Å². The van der Waals surface area contributed by atoms with Crippen molar-refractivity contribution >= 4 is 22.6 Å². The van der Waals surface area contributed by atoms with Crippen LogP contribution in [0.15, 0.2) is 72.8 Å². The van der Waals surface area contributed by atoms with E-state index in [1.54, 1.807) is 0 Å². The van der Waals surface area contributed by atoms with E-state index in [1.807, 2.05) is 36.4 Å². The summed E-state index contributed by atoms with van der Waals surface area (Å²) in [6, 6.07) is 27.1. The largest absolute Gasteiger partial charge is 0.367 e. The van der Waals surface area contributed by atoms with Gasteiger partial charge in [0, 0.05) is 30.6 Å². The summed E-state index contributed by atoms with van der Waals surface area (Å²) in [5.41, 5.74) is 6.98. The molecule has 1 N–H and O–H groups in total. The molecule has 1 aliphatic carbocycles. The summed E-state index contributed by atoms with van der Waals surface area (Å²) < 4.78 is 0. The molecule has 0 spiro atoms. The van der Waals surface area contributed by atoms with Crippen molar-refractivity contribution in [2.45, 2.75) is 50.6 Å². The van der Waals surface area contributed by atoms with Crippen LogP contribution in [0, 0.1) is 11.3 Å². The molecule has 2 aliphatic heterocycles. The van der Waals surface area contributed by atoms with Crippen LogP contribution in [-0.2, 0) is 12.8 Å². The minimum atomic E-state index is 0.105. The number of rotatable bonds is 6. The molecule has 0 radical (unpaired) electrons. The summed E-state index contributed by atoms with van der Waals surface area (Å²) in [5, 5.41) is 13.8. The van der Waals surface area contributed by atoms with Crippen molar-refractivity contribution in [1.82, 2.24) is 14.8 Å². The zero-order valence-corrected chi connectivity index (χ0v) is 23.4. The number of nitriles is 1. The first-order valence-electron chi connectivity index (χ1n) is 15.0. The molecule has 41 heavy (non-hydrogen) atoms. The van der Waals surface area contributed by atoms with Crippen molar-refractivity contribution in [3.05, 3.63) is 95.1 Å². The van der Waals surface area contributed by atoms with E-state index in [4.69, 9.17) is 4.98 Å². The van der Waals surface area contributed by atoms with E-state index in [0.717, 1.165) is 85.3 Å². The molecule has 1 amide bonds. The highest BCUT2D eigenvalue weighted by molar-refractivity contribution is 6.08. The number of nitrogens with zero attached hydrogens (tertiary/aromatic N) is 4. The van der Waals surface area contributed by atoms with Gasteiger partial charge in [0.1, 0.15) is 5.82 Å². The third-order valence-corrected chi connectivity index (χ3v) is 9.10. The van der Waals surface area contributed by atoms with Gasteiger partial charge in [-0.2, -0.15) is 5.26 Å². The molecule has 3 aliphatic rings. The number of likely N-dealkylation sites (tertiary alicyclic amines) is 2. The predicted molar refractivity (Wildman–Crippen MR) is 163 cm³/mol. The Morgan fingerprint density at radius 1 is 0.902 bits per heavy atom. The molecule has 7 rings (SSSR count). The number of pyridine rings is 1. The molecule has 206 valence electrons. The van der Waals surface area contributed by atoms with E-state index in [9.17, 15) is 10.1 Å². The molecule has 0 bridgehead atoms. The maximum Gasteiger partial charge on any atom is 0.254 e. The number of hydrogen-bond acceptors (Lipinski definition) is 5. The lowest BCUT2D eigenvalue weighted by molar-refractivity contribution is 0.0710.